The molecule has 5 nitrogen and oxygen atoms in total. The quantitative estimate of drug-likeness (QED) is 0.205. The Morgan fingerprint density at radius 2 is 1.25 bits per heavy atom. The second-order valence-corrected chi connectivity index (χ2v) is 21.2. The Balaban J connectivity index is 2.68. The first-order valence-electron chi connectivity index (χ1n) is 12.7. The van der Waals surface area contributed by atoms with Crippen LogP contribution in [0.4, 0.5) is 0 Å². The number of ketones is 1. The van der Waals surface area contributed by atoms with Crippen LogP contribution in [0.5, 0.6) is 0 Å². The molecule has 0 saturated heterocycles. The average Bonchev–Trinajstić information content (AvgIpc) is 2.79. The minimum Gasteiger partial charge on any atom is -0.404 e. The summed E-state index contributed by atoms with van der Waals surface area (Å²) in [4.78, 5) is 13.4. The molecular weight excluding hydrogens is 484 g/mol. The predicted octanol–water partition coefficient (Wildman–Crippen LogP) is 5.53. The van der Waals surface area contributed by atoms with Crippen LogP contribution in [0, 0.1) is 0 Å². The molecule has 0 saturated carbocycles. The summed E-state index contributed by atoms with van der Waals surface area (Å²) < 4.78 is 25.0. The van der Waals surface area contributed by atoms with E-state index in [0.29, 0.717) is 0 Å². The summed E-state index contributed by atoms with van der Waals surface area (Å²) in [7, 11) is -3.68. The fraction of sp³-hybridized carbons (Fsp3) is 0.552. The number of rotatable bonds is 12. The number of carbonyl (C=O) groups is 1. The Kier molecular flexibility index (Phi) is 10.1. The normalized spacial score (nSPS) is 14.9. The van der Waals surface area contributed by atoms with E-state index in [1.807, 2.05) is 12.1 Å². The monoisotopic (exact) mass is 530 g/mol. The molecule has 0 radical (unpaired) electrons. The molecule has 2 rings (SSSR count). The lowest BCUT2D eigenvalue weighted by molar-refractivity contribution is -0.150. The molecule has 2 aromatic carbocycles. The Hall–Kier alpha value is -1.62. The number of hydrogen-bond acceptors (Lipinski definition) is 5. The number of benzene rings is 2. The maximum atomic E-state index is 13.4. The molecule has 0 amide bonds. The van der Waals surface area contributed by atoms with Crippen molar-refractivity contribution in [1.29, 1.82) is 0 Å². The van der Waals surface area contributed by atoms with Crippen LogP contribution in [0.2, 0.25) is 23.2 Å². The molecule has 1 unspecified atom stereocenters. The first kappa shape index (κ1) is 30.6. The summed E-state index contributed by atoms with van der Waals surface area (Å²) in [5, 5.41) is 2.01. The summed E-state index contributed by atoms with van der Waals surface area (Å²) in [5.41, 5.74) is -1.24. The van der Waals surface area contributed by atoms with Crippen molar-refractivity contribution in [2.45, 2.75) is 77.2 Å². The number of hydrogen-bond donors (Lipinski definition) is 0. The first-order chi connectivity index (χ1) is 16.6. The molecule has 0 N–H and O–H groups in total. The Morgan fingerprint density at radius 3 is 1.61 bits per heavy atom. The van der Waals surface area contributed by atoms with E-state index in [9.17, 15) is 4.79 Å². The van der Waals surface area contributed by atoms with Crippen LogP contribution in [-0.2, 0) is 23.1 Å². The van der Waals surface area contributed by atoms with Crippen molar-refractivity contribution in [2.24, 2.45) is 0 Å². The molecule has 0 spiro atoms. The highest BCUT2D eigenvalue weighted by molar-refractivity contribution is 6.99. The van der Waals surface area contributed by atoms with Crippen molar-refractivity contribution in [1.82, 2.24) is 0 Å². The van der Waals surface area contributed by atoms with E-state index >= 15 is 0 Å². The van der Waals surface area contributed by atoms with Gasteiger partial charge in [-0.2, -0.15) is 0 Å². The summed E-state index contributed by atoms with van der Waals surface area (Å²) in [5.74, 6) is -0.0960. The molecule has 1 atom stereocenters. The van der Waals surface area contributed by atoms with Crippen molar-refractivity contribution in [2.75, 3.05) is 27.1 Å². The Bertz CT molecular complexity index is 925. The molecular formula is C29H46O5Si2. The van der Waals surface area contributed by atoms with Crippen LogP contribution >= 0.6 is 0 Å². The number of ether oxygens (including phenoxy) is 2. The van der Waals surface area contributed by atoms with Gasteiger partial charge >= 0.3 is 0 Å². The van der Waals surface area contributed by atoms with E-state index in [4.69, 9.17) is 18.3 Å². The van der Waals surface area contributed by atoms with Crippen LogP contribution in [-0.4, -0.2) is 55.1 Å². The van der Waals surface area contributed by atoms with Crippen LogP contribution in [0.3, 0.4) is 0 Å². The zero-order chi connectivity index (χ0) is 27.3. The number of methoxy groups -OCH3 is 1. The van der Waals surface area contributed by atoms with Gasteiger partial charge in [-0.25, -0.2) is 0 Å². The van der Waals surface area contributed by atoms with E-state index in [-0.39, 0.29) is 35.9 Å². The number of Topliss-reactive ketones (excluding diaryl/α,β-unsaturated/α-hetero) is 1. The fourth-order valence-corrected chi connectivity index (χ4v) is 10.4. The zero-order valence-electron chi connectivity index (χ0n) is 23.9. The molecule has 0 aliphatic heterocycles. The predicted molar refractivity (Wildman–Crippen MR) is 153 cm³/mol. The van der Waals surface area contributed by atoms with Gasteiger partial charge in [0, 0.05) is 7.11 Å². The van der Waals surface area contributed by atoms with Gasteiger partial charge in [0.2, 0.25) is 0 Å². The van der Waals surface area contributed by atoms with Crippen LogP contribution < -0.4 is 10.4 Å². The maximum absolute atomic E-state index is 13.4. The van der Waals surface area contributed by atoms with Gasteiger partial charge < -0.3 is 18.3 Å². The van der Waals surface area contributed by atoms with E-state index < -0.39 is 22.2 Å². The lowest BCUT2D eigenvalue weighted by Crippen LogP contribution is -2.69. The molecule has 0 bridgehead atoms. The van der Waals surface area contributed by atoms with E-state index in [1.54, 1.807) is 14.0 Å². The van der Waals surface area contributed by atoms with Crippen molar-refractivity contribution in [3.8, 4) is 0 Å². The SMILES string of the molecule is COCOCC(CO[Si](c1ccccc1)(c1ccccc1)C(C)(C)C)(O[Si](C)(C)C(C)(C)C)C(C)=O. The van der Waals surface area contributed by atoms with Crippen molar-refractivity contribution in [3.63, 3.8) is 0 Å². The lowest BCUT2D eigenvalue weighted by Gasteiger charge is -2.48. The van der Waals surface area contributed by atoms with Crippen molar-refractivity contribution < 1.29 is 23.1 Å². The van der Waals surface area contributed by atoms with Gasteiger partial charge in [0.05, 0.1) is 13.2 Å². The van der Waals surface area contributed by atoms with Gasteiger partial charge in [0.25, 0.3) is 8.32 Å². The molecule has 7 heteroatoms. The minimum absolute atomic E-state index is 0.0703. The summed E-state index contributed by atoms with van der Waals surface area (Å²) in [6.07, 6.45) is 0. The highest BCUT2D eigenvalue weighted by Gasteiger charge is 2.54. The molecule has 36 heavy (non-hydrogen) atoms. The van der Waals surface area contributed by atoms with E-state index in [1.165, 1.54) is 0 Å². The van der Waals surface area contributed by atoms with Gasteiger partial charge in [-0.15, -0.1) is 0 Å². The van der Waals surface area contributed by atoms with Gasteiger partial charge in [-0.1, -0.05) is 102 Å². The zero-order valence-corrected chi connectivity index (χ0v) is 25.9. The topological polar surface area (TPSA) is 54.0 Å². The summed E-state index contributed by atoms with van der Waals surface area (Å²) >= 11 is 0. The van der Waals surface area contributed by atoms with Gasteiger partial charge in [0.15, 0.2) is 19.7 Å². The average molecular weight is 531 g/mol. The molecule has 0 aromatic heterocycles. The van der Waals surface area contributed by atoms with Crippen LogP contribution in [0.25, 0.3) is 0 Å². The summed E-state index contributed by atoms with van der Waals surface area (Å²) in [6, 6.07) is 20.9. The van der Waals surface area contributed by atoms with Crippen molar-refractivity contribution >= 4 is 32.8 Å². The van der Waals surface area contributed by atoms with Gasteiger partial charge in [0.1, 0.15) is 6.79 Å². The molecule has 200 valence electrons. The third-order valence-corrected chi connectivity index (χ3v) is 16.9. The molecule has 0 heterocycles. The molecule has 0 aliphatic carbocycles. The third-order valence-electron chi connectivity index (χ3n) is 7.37. The molecule has 0 aliphatic rings. The van der Waals surface area contributed by atoms with Crippen LogP contribution in [0.1, 0.15) is 48.5 Å². The standard InChI is InChI=1S/C29H46O5Si2/c1-24(30)29(21-32-23-31-8,34-35(9,10)27(2,3)4)22-33-36(28(5,6)7,25-17-13-11-14-18-25)26-19-15-12-16-20-26/h11-20H,21-23H2,1-10H3. The largest absolute Gasteiger partial charge is 0.404 e. The molecule has 0 fully saturated rings. The highest BCUT2D eigenvalue weighted by atomic mass is 28.4. The van der Waals surface area contributed by atoms with E-state index in [2.05, 4.69) is 103 Å². The number of carbonyl (C=O) groups excluding carboxylic acids is 1. The lowest BCUT2D eigenvalue weighted by atomic mass is 10.0. The van der Waals surface area contributed by atoms with Gasteiger partial charge in [-0.3, -0.25) is 4.79 Å². The second-order valence-electron chi connectivity index (χ2n) is 12.1. The third kappa shape index (κ3) is 6.63. The van der Waals surface area contributed by atoms with Crippen molar-refractivity contribution in [3.05, 3.63) is 60.7 Å². The van der Waals surface area contributed by atoms with Gasteiger partial charge in [-0.05, 0) is 40.5 Å². The maximum Gasteiger partial charge on any atom is 0.261 e. The highest BCUT2D eigenvalue weighted by Crippen LogP contribution is 2.41. The minimum atomic E-state index is -2.88. The fourth-order valence-electron chi connectivity index (χ4n) is 4.29. The van der Waals surface area contributed by atoms with E-state index in [0.717, 1.165) is 10.4 Å². The molecule has 2 aromatic rings. The summed E-state index contributed by atoms with van der Waals surface area (Å²) in [6.45, 7) is 19.3. The second kappa shape index (κ2) is 11.8. The first-order valence-corrected chi connectivity index (χ1v) is 17.5. The Labute approximate surface area is 220 Å². The van der Waals surface area contributed by atoms with Crippen LogP contribution in [0.15, 0.2) is 60.7 Å². The Morgan fingerprint density at radius 1 is 0.778 bits per heavy atom. The smallest absolute Gasteiger partial charge is 0.261 e.